The highest BCUT2D eigenvalue weighted by molar-refractivity contribution is 5.67. The van der Waals surface area contributed by atoms with Crippen LogP contribution >= 0.6 is 0 Å². The van der Waals surface area contributed by atoms with E-state index >= 15 is 0 Å². The van der Waals surface area contributed by atoms with Gasteiger partial charge in [0.2, 0.25) is 0 Å². The molecule has 0 radical (unpaired) electrons. The molecule has 3 nitrogen and oxygen atoms in total. The molecule has 1 unspecified atom stereocenters. The predicted octanol–water partition coefficient (Wildman–Crippen LogP) is 3.16. The maximum atomic E-state index is 10.5. The van der Waals surface area contributed by atoms with E-state index in [1.807, 2.05) is 24.3 Å². The van der Waals surface area contributed by atoms with Crippen LogP contribution in [0, 0.1) is 5.92 Å². The molecular formula is C14H21NO2. The summed E-state index contributed by atoms with van der Waals surface area (Å²) < 4.78 is 0. The topological polar surface area (TPSA) is 49.3 Å². The van der Waals surface area contributed by atoms with E-state index in [2.05, 4.69) is 26.1 Å². The zero-order chi connectivity index (χ0) is 12.8. The van der Waals surface area contributed by atoms with Gasteiger partial charge in [0.1, 0.15) is 0 Å². The number of carboxylic acids is 1. The fourth-order valence-electron chi connectivity index (χ4n) is 1.50. The molecule has 0 spiro atoms. The minimum atomic E-state index is -0.751. The Bertz CT molecular complexity index is 374. The highest BCUT2D eigenvalue weighted by Crippen LogP contribution is 2.15. The third-order valence-electron chi connectivity index (χ3n) is 2.95. The maximum absolute atomic E-state index is 10.5. The van der Waals surface area contributed by atoms with Gasteiger partial charge in [0, 0.05) is 18.2 Å². The van der Waals surface area contributed by atoms with E-state index in [0.29, 0.717) is 18.4 Å². The Morgan fingerprint density at radius 2 is 2.06 bits per heavy atom. The van der Waals surface area contributed by atoms with E-state index in [9.17, 15) is 4.79 Å². The first-order valence-electron chi connectivity index (χ1n) is 6.06. The predicted molar refractivity (Wildman–Crippen MR) is 70.3 cm³/mol. The Morgan fingerprint density at radius 1 is 1.35 bits per heavy atom. The van der Waals surface area contributed by atoms with Crippen LogP contribution in [0.3, 0.4) is 0 Å². The summed E-state index contributed by atoms with van der Waals surface area (Å²) in [6, 6.07) is 8.39. The lowest BCUT2D eigenvalue weighted by molar-refractivity contribution is -0.136. The first kappa shape index (κ1) is 13.6. The quantitative estimate of drug-likeness (QED) is 0.796. The number of carboxylic acid groups (broad SMARTS) is 1. The number of benzene rings is 1. The van der Waals surface area contributed by atoms with Crippen LogP contribution in [-0.2, 0) is 11.2 Å². The molecule has 0 saturated carbocycles. The fourth-order valence-corrected chi connectivity index (χ4v) is 1.50. The number of rotatable bonds is 6. The summed E-state index contributed by atoms with van der Waals surface area (Å²) in [5.41, 5.74) is 2.13. The van der Waals surface area contributed by atoms with E-state index < -0.39 is 5.97 Å². The summed E-state index contributed by atoms with van der Waals surface area (Å²) in [4.78, 5) is 10.5. The second kappa shape index (κ2) is 6.28. The molecule has 0 heterocycles. The first-order chi connectivity index (χ1) is 7.99. The highest BCUT2D eigenvalue weighted by atomic mass is 16.4. The fraction of sp³-hybridized carbons (Fsp3) is 0.500. The molecule has 17 heavy (non-hydrogen) atoms. The third kappa shape index (κ3) is 4.89. The standard InChI is InChI=1S/C14H21NO2/c1-10(2)11(3)15-13-6-4-5-12(9-13)7-8-14(16)17/h4-6,9-11,15H,7-8H2,1-3H3,(H,16,17). The number of carbonyl (C=O) groups is 1. The molecular weight excluding hydrogens is 214 g/mol. The van der Waals surface area contributed by atoms with Crippen molar-refractivity contribution in [2.45, 2.75) is 39.7 Å². The summed E-state index contributed by atoms with van der Waals surface area (Å²) in [6.45, 7) is 6.49. The second-order valence-electron chi connectivity index (χ2n) is 4.77. The molecule has 0 aliphatic rings. The maximum Gasteiger partial charge on any atom is 0.303 e. The number of hydrogen-bond acceptors (Lipinski definition) is 2. The summed E-state index contributed by atoms with van der Waals surface area (Å²) in [7, 11) is 0. The van der Waals surface area contributed by atoms with E-state index in [-0.39, 0.29) is 6.42 Å². The Hall–Kier alpha value is -1.51. The molecule has 0 saturated heterocycles. The van der Waals surface area contributed by atoms with Gasteiger partial charge in [-0.1, -0.05) is 26.0 Å². The molecule has 0 aliphatic carbocycles. The van der Waals surface area contributed by atoms with Gasteiger partial charge in [-0.3, -0.25) is 4.79 Å². The van der Waals surface area contributed by atoms with Gasteiger partial charge in [0.05, 0.1) is 0 Å². The van der Waals surface area contributed by atoms with E-state index in [4.69, 9.17) is 5.11 Å². The lowest BCUT2D eigenvalue weighted by Crippen LogP contribution is -2.21. The van der Waals surface area contributed by atoms with Gasteiger partial charge in [0.25, 0.3) is 0 Å². The normalized spacial score (nSPS) is 12.5. The molecule has 1 atom stereocenters. The first-order valence-corrected chi connectivity index (χ1v) is 6.06. The van der Waals surface area contributed by atoms with Crippen LogP contribution < -0.4 is 5.32 Å². The van der Waals surface area contributed by atoms with Crippen molar-refractivity contribution in [3.05, 3.63) is 29.8 Å². The van der Waals surface area contributed by atoms with E-state index in [0.717, 1.165) is 11.3 Å². The molecule has 0 aromatic heterocycles. The average Bonchev–Trinajstić information content (AvgIpc) is 2.26. The molecule has 3 heteroatoms. The summed E-state index contributed by atoms with van der Waals surface area (Å²) >= 11 is 0. The molecule has 0 fully saturated rings. The summed E-state index contributed by atoms with van der Waals surface area (Å²) in [5.74, 6) is -0.184. The molecule has 0 bridgehead atoms. The number of nitrogens with one attached hydrogen (secondary N) is 1. The van der Waals surface area contributed by atoms with Crippen molar-refractivity contribution >= 4 is 11.7 Å². The van der Waals surface area contributed by atoms with Gasteiger partial charge in [-0.15, -0.1) is 0 Å². The highest BCUT2D eigenvalue weighted by Gasteiger charge is 2.07. The zero-order valence-corrected chi connectivity index (χ0v) is 10.7. The largest absolute Gasteiger partial charge is 0.481 e. The van der Waals surface area contributed by atoms with Gasteiger partial charge in [0.15, 0.2) is 0 Å². The number of aliphatic carboxylic acids is 1. The molecule has 1 aromatic rings. The van der Waals surface area contributed by atoms with Crippen LogP contribution in [0.25, 0.3) is 0 Å². The molecule has 94 valence electrons. The van der Waals surface area contributed by atoms with Crippen molar-refractivity contribution in [1.29, 1.82) is 0 Å². The van der Waals surface area contributed by atoms with Crippen LogP contribution in [0.5, 0.6) is 0 Å². The average molecular weight is 235 g/mol. The smallest absolute Gasteiger partial charge is 0.303 e. The van der Waals surface area contributed by atoms with Crippen molar-refractivity contribution in [2.75, 3.05) is 5.32 Å². The third-order valence-corrected chi connectivity index (χ3v) is 2.95. The van der Waals surface area contributed by atoms with Gasteiger partial charge in [-0.2, -0.15) is 0 Å². The van der Waals surface area contributed by atoms with Crippen molar-refractivity contribution in [2.24, 2.45) is 5.92 Å². The number of aryl methyl sites for hydroxylation is 1. The molecule has 1 aromatic carbocycles. The lowest BCUT2D eigenvalue weighted by atomic mass is 10.0. The van der Waals surface area contributed by atoms with E-state index in [1.54, 1.807) is 0 Å². The Labute approximate surface area is 103 Å². The van der Waals surface area contributed by atoms with Crippen LogP contribution in [0.15, 0.2) is 24.3 Å². The Morgan fingerprint density at radius 3 is 2.65 bits per heavy atom. The summed E-state index contributed by atoms with van der Waals surface area (Å²) in [6.07, 6.45) is 0.768. The zero-order valence-electron chi connectivity index (χ0n) is 10.7. The minimum Gasteiger partial charge on any atom is -0.481 e. The van der Waals surface area contributed by atoms with Crippen molar-refractivity contribution in [1.82, 2.24) is 0 Å². The van der Waals surface area contributed by atoms with Crippen LogP contribution in [0.2, 0.25) is 0 Å². The van der Waals surface area contributed by atoms with Crippen LogP contribution in [0.1, 0.15) is 32.8 Å². The van der Waals surface area contributed by atoms with Crippen molar-refractivity contribution < 1.29 is 9.90 Å². The molecule has 0 aliphatic heterocycles. The number of anilines is 1. The molecule has 2 N–H and O–H groups in total. The van der Waals surface area contributed by atoms with Crippen molar-refractivity contribution in [3.63, 3.8) is 0 Å². The van der Waals surface area contributed by atoms with Gasteiger partial charge < -0.3 is 10.4 Å². The van der Waals surface area contributed by atoms with Gasteiger partial charge >= 0.3 is 5.97 Å². The van der Waals surface area contributed by atoms with Gasteiger partial charge in [-0.05, 0) is 37.0 Å². The molecule has 0 amide bonds. The SMILES string of the molecule is CC(C)C(C)Nc1cccc(CCC(=O)O)c1. The number of hydrogen-bond donors (Lipinski definition) is 2. The monoisotopic (exact) mass is 235 g/mol. The Balaban J connectivity index is 2.62. The lowest BCUT2D eigenvalue weighted by Gasteiger charge is -2.19. The summed E-state index contributed by atoms with van der Waals surface area (Å²) in [5, 5.41) is 12.1. The van der Waals surface area contributed by atoms with E-state index in [1.165, 1.54) is 0 Å². The van der Waals surface area contributed by atoms with Gasteiger partial charge in [-0.25, -0.2) is 0 Å². The minimum absolute atomic E-state index is 0.184. The molecule has 1 rings (SSSR count). The van der Waals surface area contributed by atoms with Crippen LogP contribution in [-0.4, -0.2) is 17.1 Å². The second-order valence-corrected chi connectivity index (χ2v) is 4.77. The van der Waals surface area contributed by atoms with Crippen LogP contribution in [0.4, 0.5) is 5.69 Å². The van der Waals surface area contributed by atoms with Crippen molar-refractivity contribution in [3.8, 4) is 0 Å². The Kier molecular flexibility index (Phi) is 5.01.